The summed E-state index contributed by atoms with van der Waals surface area (Å²) in [5.41, 5.74) is 1.08. The molecule has 3 aromatic rings. The monoisotopic (exact) mass is 323 g/mol. The second-order valence-corrected chi connectivity index (χ2v) is 7.10. The smallest absolute Gasteiger partial charge is 0.224 e. The third-order valence-corrected chi connectivity index (χ3v) is 5.02. The predicted molar refractivity (Wildman–Crippen MR) is 97.7 cm³/mol. The van der Waals surface area contributed by atoms with Gasteiger partial charge >= 0.3 is 0 Å². The normalized spacial score (nSPS) is 12.5. The fourth-order valence-corrected chi connectivity index (χ4v) is 3.83. The van der Waals surface area contributed by atoms with Crippen LogP contribution in [0.1, 0.15) is 30.3 Å². The molecular formula is C20H21NOS. The molecular weight excluding hydrogens is 302 g/mol. The van der Waals surface area contributed by atoms with Crippen molar-refractivity contribution in [2.45, 2.75) is 26.3 Å². The van der Waals surface area contributed by atoms with Gasteiger partial charge in [0.05, 0.1) is 12.5 Å². The Morgan fingerprint density at radius 3 is 2.57 bits per heavy atom. The zero-order valence-corrected chi connectivity index (χ0v) is 14.3. The van der Waals surface area contributed by atoms with Crippen LogP contribution in [0.3, 0.4) is 0 Å². The lowest BCUT2D eigenvalue weighted by molar-refractivity contribution is -0.121. The lowest BCUT2D eigenvalue weighted by Gasteiger charge is -2.21. The number of carbonyl (C=O) groups excluding carboxylic acids is 1. The number of carbonyl (C=O) groups is 1. The number of thiophene rings is 1. The first-order chi connectivity index (χ1) is 11.1. The molecule has 0 bridgehead atoms. The summed E-state index contributed by atoms with van der Waals surface area (Å²) in [6.07, 6.45) is 0.413. The molecule has 0 aliphatic heterocycles. The van der Waals surface area contributed by atoms with Crippen molar-refractivity contribution >= 4 is 28.0 Å². The molecule has 1 amide bonds. The van der Waals surface area contributed by atoms with E-state index in [0.29, 0.717) is 12.3 Å². The number of benzene rings is 2. The molecule has 1 aromatic heterocycles. The fraction of sp³-hybridized carbons (Fsp3) is 0.250. The van der Waals surface area contributed by atoms with E-state index in [4.69, 9.17) is 0 Å². The highest BCUT2D eigenvalue weighted by atomic mass is 32.1. The van der Waals surface area contributed by atoms with Crippen LogP contribution in [0, 0.1) is 5.92 Å². The Labute approximate surface area is 141 Å². The van der Waals surface area contributed by atoms with Gasteiger partial charge in [0.15, 0.2) is 0 Å². The lowest BCUT2D eigenvalue weighted by atomic mass is 10.00. The zero-order valence-electron chi connectivity index (χ0n) is 13.5. The highest BCUT2D eigenvalue weighted by Gasteiger charge is 2.19. The summed E-state index contributed by atoms with van der Waals surface area (Å²) in [4.78, 5) is 13.8. The Balaban J connectivity index is 1.78. The van der Waals surface area contributed by atoms with Gasteiger partial charge in [-0.25, -0.2) is 0 Å². The predicted octanol–water partition coefficient (Wildman–Crippen LogP) is 4.96. The number of hydrogen-bond donors (Lipinski definition) is 1. The van der Waals surface area contributed by atoms with Crippen molar-refractivity contribution in [2.75, 3.05) is 0 Å². The number of hydrogen-bond acceptors (Lipinski definition) is 2. The molecule has 23 heavy (non-hydrogen) atoms. The van der Waals surface area contributed by atoms with Crippen LogP contribution in [0.15, 0.2) is 60.0 Å². The quantitative estimate of drug-likeness (QED) is 0.706. The summed E-state index contributed by atoms with van der Waals surface area (Å²) in [7, 11) is 0. The molecule has 0 radical (unpaired) electrons. The van der Waals surface area contributed by atoms with E-state index in [1.807, 2.05) is 30.3 Å². The van der Waals surface area contributed by atoms with Gasteiger partial charge < -0.3 is 5.32 Å². The fourth-order valence-electron chi connectivity index (χ4n) is 2.88. The van der Waals surface area contributed by atoms with Gasteiger partial charge in [0.1, 0.15) is 0 Å². The molecule has 0 aliphatic carbocycles. The number of fused-ring (bicyclic) bond motifs is 1. The van der Waals surface area contributed by atoms with E-state index in [0.717, 1.165) is 10.9 Å². The minimum absolute atomic E-state index is 0.0773. The van der Waals surface area contributed by atoms with Crippen LogP contribution in [0.5, 0.6) is 0 Å². The van der Waals surface area contributed by atoms with E-state index in [2.05, 4.69) is 48.8 Å². The summed E-state index contributed by atoms with van der Waals surface area (Å²) in [5.74, 6) is 0.443. The molecule has 1 heterocycles. The van der Waals surface area contributed by atoms with Crippen molar-refractivity contribution in [2.24, 2.45) is 5.92 Å². The van der Waals surface area contributed by atoms with Crippen LogP contribution in [-0.2, 0) is 11.2 Å². The van der Waals surface area contributed by atoms with Gasteiger partial charge in [-0.15, -0.1) is 11.3 Å². The first-order valence-corrected chi connectivity index (χ1v) is 8.82. The van der Waals surface area contributed by atoms with Crippen LogP contribution >= 0.6 is 11.3 Å². The van der Waals surface area contributed by atoms with E-state index >= 15 is 0 Å². The van der Waals surface area contributed by atoms with Crippen molar-refractivity contribution in [3.05, 3.63) is 70.4 Å². The average molecular weight is 323 g/mol. The molecule has 1 N–H and O–H groups in total. The Hall–Kier alpha value is -2.13. The van der Waals surface area contributed by atoms with Crippen LogP contribution < -0.4 is 5.32 Å². The summed E-state index contributed by atoms with van der Waals surface area (Å²) < 4.78 is 0. The van der Waals surface area contributed by atoms with E-state index in [9.17, 15) is 4.79 Å². The second-order valence-electron chi connectivity index (χ2n) is 6.12. The van der Waals surface area contributed by atoms with Gasteiger partial charge in [0.2, 0.25) is 5.91 Å². The number of rotatable bonds is 5. The molecule has 0 unspecified atom stereocenters. The number of nitrogens with one attached hydrogen (secondary N) is 1. The van der Waals surface area contributed by atoms with Crippen molar-refractivity contribution in [3.63, 3.8) is 0 Å². The maximum Gasteiger partial charge on any atom is 0.224 e. The van der Waals surface area contributed by atoms with Crippen molar-refractivity contribution in [3.8, 4) is 0 Å². The number of amides is 1. The molecule has 3 heteroatoms. The summed E-state index contributed by atoms with van der Waals surface area (Å²) in [6.45, 7) is 4.28. The molecule has 118 valence electrons. The van der Waals surface area contributed by atoms with E-state index in [1.165, 1.54) is 10.3 Å². The zero-order chi connectivity index (χ0) is 16.2. The largest absolute Gasteiger partial charge is 0.348 e. The molecule has 0 aliphatic rings. The van der Waals surface area contributed by atoms with Crippen LogP contribution in [0.2, 0.25) is 0 Å². The maximum atomic E-state index is 12.6. The molecule has 3 rings (SSSR count). The third kappa shape index (κ3) is 3.62. The molecule has 2 aromatic carbocycles. The lowest BCUT2D eigenvalue weighted by Crippen LogP contribution is -2.32. The standard InChI is InChI=1S/C20H21NOS/c1-14(2)20(18-11-6-12-23-18)21-19(22)13-16-9-5-8-15-7-3-4-10-17(15)16/h3-12,14,20H,13H2,1-2H3,(H,21,22)/t20-/m1/s1. The second kappa shape index (κ2) is 6.97. The molecule has 2 nitrogen and oxygen atoms in total. The molecule has 0 fully saturated rings. The first kappa shape index (κ1) is 15.8. The van der Waals surface area contributed by atoms with Crippen LogP contribution in [-0.4, -0.2) is 5.91 Å². The van der Waals surface area contributed by atoms with Gasteiger partial charge in [0, 0.05) is 4.88 Å². The maximum absolute atomic E-state index is 12.6. The summed E-state index contributed by atoms with van der Waals surface area (Å²) in [5, 5.41) is 7.59. The van der Waals surface area contributed by atoms with E-state index in [1.54, 1.807) is 11.3 Å². The van der Waals surface area contributed by atoms with E-state index < -0.39 is 0 Å². The Morgan fingerprint density at radius 1 is 1.04 bits per heavy atom. The topological polar surface area (TPSA) is 29.1 Å². The highest BCUT2D eigenvalue weighted by molar-refractivity contribution is 7.10. The van der Waals surface area contributed by atoms with Gasteiger partial charge in [-0.1, -0.05) is 62.4 Å². The van der Waals surface area contributed by atoms with E-state index in [-0.39, 0.29) is 11.9 Å². The van der Waals surface area contributed by atoms with Gasteiger partial charge in [0.25, 0.3) is 0 Å². The van der Waals surface area contributed by atoms with Gasteiger partial charge in [-0.3, -0.25) is 4.79 Å². The minimum Gasteiger partial charge on any atom is -0.348 e. The minimum atomic E-state index is 0.0773. The van der Waals surface area contributed by atoms with Crippen LogP contribution in [0.4, 0.5) is 0 Å². The Morgan fingerprint density at radius 2 is 1.83 bits per heavy atom. The summed E-state index contributed by atoms with van der Waals surface area (Å²) >= 11 is 1.70. The highest BCUT2D eigenvalue weighted by Crippen LogP contribution is 2.26. The van der Waals surface area contributed by atoms with Gasteiger partial charge in [-0.2, -0.15) is 0 Å². The van der Waals surface area contributed by atoms with Crippen molar-refractivity contribution in [1.29, 1.82) is 0 Å². The average Bonchev–Trinajstić information content (AvgIpc) is 3.07. The molecule has 0 spiro atoms. The van der Waals surface area contributed by atoms with Gasteiger partial charge in [-0.05, 0) is 33.7 Å². The Kier molecular flexibility index (Phi) is 4.77. The molecule has 0 saturated heterocycles. The Bertz CT molecular complexity index is 787. The molecule has 1 atom stereocenters. The first-order valence-electron chi connectivity index (χ1n) is 7.94. The van der Waals surface area contributed by atoms with Crippen molar-refractivity contribution < 1.29 is 4.79 Å². The van der Waals surface area contributed by atoms with Crippen LogP contribution in [0.25, 0.3) is 10.8 Å². The third-order valence-electron chi connectivity index (χ3n) is 4.06. The molecule has 0 saturated carbocycles. The summed E-state index contributed by atoms with van der Waals surface area (Å²) in [6, 6.07) is 18.6. The SMILES string of the molecule is CC(C)[C@@H](NC(=O)Cc1cccc2ccccc12)c1cccs1. The van der Waals surface area contributed by atoms with Crippen molar-refractivity contribution in [1.82, 2.24) is 5.32 Å².